The minimum atomic E-state index is -0.426. The van der Waals surface area contributed by atoms with Crippen molar-refractivity contribution in [2.24, 2.45) is 7.05 Å². The lowest BCUT2D eigenvalue weighted by Crippen LogP contribution is -2.42. The molecule has 1 aromatic carbocycles. The number of nitrogens with one attached hydrogen (secondary N) is 1. The van der Waals surface area contributed by atoms with Gasteiger partial charge in [0.15, 0.2) is 0 Å². The minimum Gasteiger partial charge on any atom is -0.383 e. The number of carbonyl (C=O) groups excluding carboxylic acids is 2. The topological polar surface area (TPSA) is 98.6 Å². The summed E-state index contributed by atoms with van der Waals surface area (Å²) >= 11 is 0. The van der Waals surface area contributed by atoms with Gasteiger partial charge in [-0.05, 0) is 12.1 Å². The van der Waals surface area contributed by atoms with Crippen molar-refractivity contribution in [3.63, 3.8) is 0 Å². The Balaban J connectivity index is 1.61. The van der Waals surface area contributed by atoms with E-state index in [0.717, 1.165) is 5.39 Å². The van der Waals surface area contributed by atoms with Crippen LogP contribution in [0.25, 0.3) is 10.9 Å². The van der Waals surface area contributed by atoms with E-state index < -0.39 is 6.10 Å². The monoisotopic (exact) mass is 423 g/mol. The van der Waals surface area contributed by atoms with Crippen LogP contribution in [0.4, 0.5) is 0 Å². The van der Waals surface area contributed by atoms with Gasteiger partial charge in [0.2, 0.25) is 0 Å². The molecule has 0 bridgehead atoms. The van der Waals surface area contributed by atoms with Crippen LogP contribution in [0.2, 0.25) is 0 Å². The van der Waals surface area contributed by atoms with E-state index in [-0.39, 0.29) is 11.8 Å². The van der Waals surface area contributed by atoms with Crippen LogP contribution >= 0.6 is 0 Å². The van der Waals surface area contributed by atoms with Crippen molar-refractivity contribution in [3.05, 3.63) is 59.5 Å². The van der Waals surface area contributed by atoms with Crippen LogP contribution in [0.5, 0.6) is 0 Å². The smallest absolute Gasteiger partial charge is 0.257 e. The van der Waals surface area contributed by atoms with E-state index in [1.54, 1.807) is 42.2 Å². The first-order valence-electron chi connectivity index (χ1n) is 10.1. The molecule has 4 rings (SSSR count). The van der Waals surface area contributed by atoms with Crippen LogP contribution in [-0.2, 0) is 16.5 Å². The van der Waals surface area contributed by atoms with Crippen LogP contribution in [-0.4, -0.2) is 71.4 Å². The van der Waals surface area contributed by atoms with Crippen molar-refractivity contribution in [1.29, 1.82) is 0 Å². The van der Waals surface area contributed by atoms with Gasteiger partial charge in [-0.15, -0.1) is 0 Å². The maximum absolute atomic E-state index is 12.8. The summed E-state index contributed by atoms with van der Waals surface area (Å²) in [5.74, 6) is -0.296. The second-order valence-electron chi connectivity index (χ2n) is 7.37. The number of aryl methyl sites for hydroxylation is 1. The Hall–Kier alpha value is -3.30. The fourth-order valence-corrected chi connectivity index (χ4v) is 3.64. The van der Waals surface area contributed by atoms with Gasteiger partial charge in [-0.2, -0.15) is 5.10 Å². The Morgan fingerprint density at radius 2 is 2.16 bits per heavy atom. The van der Waals surface area contributed by atoms with Crippen molar-refractivity contribution in [3.8, 4) is 0 Å². The first-order chi connectivity index (χ1) is 15.1. The van der Waals surface area contributed by atoms with Crippen LogP contribution < -0.4 is 5.32 Å². The standard InChI is InChI=1S/C22H25N5O4/c1-26-13-15(12-24-26)22(29)27-8-10-31-20(14-27)19-11-17(21(28)23-7-9-30-2)16-5-3-4-6-18(16)25-19/h3-6,11-13,20H,7-10,14H2,1-2H3,(H,23,28)/t20-/m0/s1. The van der Waals surface area contributed by atoms with Gasteiger partial charge in [-0.3, -0.25) is 14.3 Å². The summed E-state index contributed by atoms with van der Waals surface area (Å²) in [5, 5.41) is 7.71. The number of ether oxygens (including phenoxy) is 2. The molecular formula is C22H25N5O4. The third kappa shape index (κ3) is 4.57. The van der Waals surface area contributed by atoms with Gasteiger partial charge in [0.1, 0.15) is 6.10 Å². The second kappa shape index (κ2) is 9.23. The first-order valence-corrected chi connectivity index (χ1v) is 10.1. The summed E-state index contributed by atoms with van der Waals surface area (Å²) in [4.78, 5) is 32.1. The highest BCUT2D eigenvalue weighted by atomic mass is 16.5. The second-order valence-corrected chi connectivity index (χ2v) is 7.37. The van der Waals surface area contributed by atoms with Crippen molar-refractivity contribution >= 4 is 22.7 Å². The molecule has 1 aliphatic heterocycles. The van der Waals surface area contributed by atoms with Crippen molar-refractivity contribution in [2.45, 2.75) is 6.10 Å². The molecule has 0 unspecified atom stereocenters. The average Bonchev–Trinajstić information content (AvgIpc) is 3.24. The van der Waals surface area contributed by atoms with E-state index in [2.05, 4.69) is 10.4 Å². The highest BCUT2D eigenvalue weighted by molar-refractivity contribution is 6.06. The maximum Gasteiger partial charge on any atom is 0.257 e. The number of carbonyl (C=O) groups is 2. The molecule has 1 N–H and O–H groups in total. The molecular weight excluding hydrogens is 398 g/mol. The van der Waals surface area contributed by atoms with Crippen molar-refractivity contribution < 1.29 is 19.1 Å². The summed E-state index contributed by atoms with van der Waals surface area (Å²) in [6.45, 7) is 2.07. The number of benzene rings is 1. The number of hydrogen-bond acceptors (Lipinski definition) is 6. The predicted molar refractivity (Wildman–Crippen MR) is 114 cm³/mol. The fraction of sp³-hybridized carbons (Fsp3) is 0.364. The average molecular weight is 423 g/mol. The zero-order valence-electron chi connectivity index (χ0n) is 17.6. The lowest BCUT2D eigenvalue weighted by atomic mass is 10.0. The summed E-state index contributed by atoms with van der Waals surface area (Å²) in [7, 11) is 3.36. The number of hydrogen-bond donors (Lipinski definition) is 1. The molecule has 9 heteroatoms. The van der Waals surface area contributed by atoms with Crippen molar-refractivity contribution in [1.82, 2.24) is 25.0 Å². The molecule has 1 atom stereocenters. The summed E-state index contributed by atoms with van der Waals surface area (Å²) in [6.07, 6.45) is 2.83. The number of methoxy groups -OCH3 is 1. The molecule has 0 radical (unpaired) electrons. The van der Waals surface area contributed by atoms with Crippen LogP contribution in [0, 0.1) is 0 Å². The van der Waals surface area contributed by atoms with Gasteiger partial charge in [-0.25, -0.2) is 4.98 Å². The molecule has 162 valence electrons. The molecule has 1 aliphatic rings. The molecule has 9 nitrogen and oxygen atoms in total. The highest BCUT2D eigenvalue weighted by Gasteiger charge is 2.28. The summed E-state index contributed by atoms with van der Waals surface area (Å²) in [5.41, 5.74) is 2.39. The Morgan fingerprint density at radius 3 is 2.94 bits per heavy atom. The third-order valence-electron chi connectivity index (χ3n) is 5.21. The molecule has 0 saturated carbocycles. The molecule has 2 amide bonds. The normalized spacial score (nSPS) is 16.5. The lowest BCUT2D eigenvalue weighted by Gasteiger charge is -2.32. The predicted octanol–water partition coefficient (Wildman–Crippen LogP) is 1.56. The fourth-order valence-electron chi connectivity index (χ4n) is 3.64. The molecule has 0 spiro atoms. The van der Waals surface area contributed by atoms with E-state index >= 15 is 0 Å². The SMILES string of the molecule is COCCNC(=O)c1cc([C@@H]2CN(C(=O)c3cnn(C)c3)CCO2)nc2ccccc12. The summed E-state index contributed by atoms with van der Waals surface area (Å²) < 4.78 is 12.6. The van der Waals surface area contributed by atoms with Crippen molar-refractivity contribution in [2.75, 3.05) is 40.0 Å². The Morgan fingerprint density at radius 1 is 1.32 bits per heavy atom. The molecule has 1 fully saturated rings. The molecule has 3 aromatic rings. The molecule has 3 heterocycles. The zero-order chi connectivity index (χ0) is 21.8. The first kappa shape index (κ1) is 21.0. The Bertz CT molecular complexity index is 1100. The number of pyridine rings is 1. The number of rotatable bonds is 6. The Kier molecular flexibility index (Phi) is 6.24. The van der Waals surface area contributed by atoms with Crippen LogP contribution in [0.3, 0.4) is 0 Å². The molecule has 0 aliphatic carbocycles. The molecule has 1 saturated heterocycles. The van der Waals surface area contributed by atoms with Crippen LogP contribution in [0.15, 0.2) is 42.7 Å². The van der Waals surface area contributed by atoms with E-state index in [1.165, 1.54) is 0 Å². The van der Waals surface area contributed by atoms with E-state index in [9.17, 15) is 9.59 Å². The number of amides is 2. The van der Waals surface area contributed by atoms with Gasteiger partial charge in [0, 0.05) is 38.8 Å². The van der Waals surface area contributed by atoms with Gasteiger partial charge in [0.05, 0.1) is 48.3 Å². The van der Waals surface area contributed by atoms with Gasteiger partial charge < -0.3 is 19.7 Å². The lowest BCUT2D eigenvalue weighted by molar-refractivity contribution is -0.0246. The van der Waals surface area contributed by atoms with E-state index in [4.69, 9.17) is 14.5 Å². The molecule has 2 aromatic heterocycles. The quantitative estimate of drug-likeness (QED) is 0.604. The van der Waals surface area contributed by atoms with Gasteiger partial charge in [-0.1, -0.05) is 18.2 Å². The largest absolute Gasteiger partial charge is 0.383 e. The third-order valence-corrected chi connectivity index (χ3v) is 5.21. The maximum atomic E-state index is 12.8. The zero-order valence-corrected chi connectivity index (χ0v) is 17.6. The number of aromatic nitrogens is 3. The van der Waals surface area contributed by atoms with Gasteiger partial charge in [0.25, 0.3) is 11.8 Å². The number of para-hydroxylation sites is 1. The molecule has 31 heavy (non-hydrogen) atoms. The van der Waals surface area contributed by atoms with E-state index in [1.807, 2.05) is 24.3 Å². The van der Waals surface area contributed by atoms with Crippen LogP contribution in [0.1, 0.15) is 32.5 Å². The minimum absolute atomic E-state index is 0.0975. The number of fused-ring (bicyclic) bond motifs is 1. The number of nitrogens with zero attached hydrogens (tertiary/aromatic N) is 4. The highest BCUT2D eigenvalue weighted by Crippen LogP contribution is 2.26. The van der Waals surface area contributed by atoms with Gasteiger partial charge >= 0.3 is 0 Å². The number of morpholine rings is 1. The van der Waals surface area contributed by atoms with E-state index in [0.29, 0.717) is 55.2 Å². The summed E-state index contributed by atoms with van der Waals surface area (Å²) in [6, 6.07) is 9.25. The Labute approximate surface area is 180 Å².